The van der Waals surface area contributed by atoms with Crippen LogP contribution in [0.15, 0.2) is 24.3 Å². The fourth-order valence-electron chi connectivity index (χ4n) is 4.31. The van der Waals surface area contributed by atoms with Gasteiger partial charge in [-0.25, -0.2) is 4.39 Å². The van der Waals surface area contributed by atoms with Gasteiger partial charge in [-0.2, -0.15) is 0 Å². The molecule has 3 rings (SSSR count). The van der Waals surface area contributed by atoms with Crippen LogP contribution < -0.4 is 5.32 Å². The van der Waals surface area contributed by atoms with E-state index in [0.29, 0.717) is 13.0 Å². The van der Waals surface area contributed by atoms with Gasteiger partial charge < -0.3 is 5.32 Å². The van der Waals surface area contributed by atoms with E-state index >= 15 is 0 Å². The molecule has 4 heteroatoms. The van der Waals surface area contributed by atoms with Gasteiger partial charge in [0.15, 0.2) is 0 Å². The third kappa shape index (κ3) is 1.79. The number of hydrogen-bond acceptors (Lipinski definition) is 2. The van der Waals surface area contributed by atoms with E-state index in [1.54, 1.807) is 12.1 Å². The Bertz CT molecular complexity index is 637. The van der Waals surface area contributed by atoms with E-state index in [4.69, 9.17) is 0 Å². The summed E-state index contributed by atoms with van der Waals surface area (Å²) in [6.45, 7) is 6.45. The van der Waals surface area contributed by atoms with Crippen LogP contribution in [0.3, 0.4) is 0 Å². The molecule has 2 bridgehead atoms. The van der Waals surface area contributed by atoms with E-state index in [1.807, 2.05) is 20.8 Å². The summed E-state index contributed by atoms with van der Waals surface area (Å²) in [5.41, 5.74) is -0.461. The highest BCUT2D eigenvalue weighted by Crippen LogP contribution is 2.70. The van der Waals surface area contributed by atoms with Gasteiger partial charge in [-0.15, -0.1) is 0 Å². The van der Waals surface area contributed by atoms with Gasteiger partial charge in [-0.1, -0.05) is 32.9 Å². The van der Waals surface area contributed by atoms with Crippen molar-refractivity contribution in [2.75, 3.05) is 0 Å². The number of rotatable bonds is 3. The minimum absolute atomic E-state index is 0.0450. The molecule has 1 aromatic carbocycles. The first-order valence-corrected chi connectivity index (χ1v) is 7.79. The average molecular weight is 303 g/mol. The maximum Gasteiger partial charge on any atom is 0.227 e. The minimum Gasteiger partial charge on any atom is -0.352 e. The number of hydrogen-bond donors (Lipinski definition) is 1. The Hall–Kier alpha value is -1.71. The standard InChI is InChI=1S/C18H22FNO2/c1-16(2)17(3)8-9-18(16,10-14(17)21)15(22)20-11-12-4-6-13(19)7-5-12/h4-7H,8-11H2,1-3H3,(H,20,22)/t17-,18-/m1/s1. The molecule has 0 saturated heterocycles. The molecule has 2 atom stereocenters. The molecule has 0 aromatic heterocycles. The van der Waals surface area contributed by atoms with Crippen LogP contribution in [-0.2, 0) is 16.1 Å². The van der Waals surface area contributed by atoms with Crippen molar-refractivity contribution in [2.24, 2.45) is 16.2 Å². The van der Waals surface area contributed by atoms with Crippen LogP contribution in [0.1, 0.15) is 45.6 Å². The van der Waals surface area contributed by atoms with E-state index in [-0.39, 0.29) is 28.3 Å². The highest BCUT2D eigenvalue weighted by Gasteiger charge is 2.72. The van der Waals surface area contributed by atoms with Crippen LogP contribution in [0.4, 0.5) is 4.39 Å². The summed E-state index contributed by atoms with van der Waals surface area (Å²) in [6, 6.07) is 6.10. The predicted molar refractivity (Wildman–Crippen MR) is 81.4 cm³/mol. The van der Waals surface area contributed by atoms with Crippen LogP contribution in [0.5, 0.6) is 0 Å². The monoisotopic (exact) mass is 303 g/mol. The van der Waals surface area contributed by atoms with Crippen LogP contribution in [0.2, 0.25) is 0 Å². The number of fused-ring (bicyclic) bond motifs is 2. The van der Waals surface area contributed by atoms with E-state index in [1.165, 1.54) is 12.1 Å². The molecular weight excluding hydrogens is 281 g/mol. The fourth-order valence-corrected chi connectivity index (χ4v) is 4.31. The number of ketones is 1. The summed E-state index contributed by atoms with van der Waals surface area (Å²) in [5, 5.41) is 2.96. The molecule has 0 spiro atoms. The zero-order valence-corrected chi connectivity index (χ0v) is 13.3. The Kier molecular flexibility index (Phi) is 3.21. The van der Waals surface area contributed by atoms with Crippen LogP contribution in [-0.4, -0.2) is 11.7 Å². The Morgan fingerprint density at radius 1 is 1.18 bits per heavy atom. The maximum atomic E-state index is 12.9. The smallest absolute Gasteiger partial charge is 0.227 e. The van der Waals surface area contributed by atoms with E-state index in [9.17, 15) is 14.0 Å². The highest BCUT2D eigenvalue weighted by molar-refractivity contribution is 5.99. The van der Waals surface area contributed by atoms with Gasteiger partial charge in [0.2, 0.25) is 5.91 Å². The maximum absolute atomic E-state index is 12.9. The lowest BCUT2D eigenvalue weighted by Gasteiger charge is -2.38. The minimum atomic E-state index is -0.598. The summed E-state index contributed by atoms with van der Waals surface area (Å²) in [4.78, 5) is 25.2. The van der Waals surface area contributed by atoms with Crippen LogP contribution in [0.25, 0.3) is 0 Å². The van der Waals surface area contributed by atoms with Gasteiger partial charge in [-0.3, -0.25) is 9.59 Å². The summed E-state index contributed by atoms with van der Waals surface area (Å²) < 4.78 is 12.9. The molecule has 1 N–H and O–H groups in total. The van der Waals surface area contributed by atoms with Gasteiger partial charge in [0.05, 0.1) is 5.41 Å². The van der Waals surface area contributed by atoms with Crippen molar-refractivity contribution in [2.45, 2.75) is 46.6 Å². The van der Waals surface area contributed by atoms with Gasteiger partial charge in [0, 0.05) is 18.4 Å². The summed E-state index contributed by atoms with van der Waals surface area (Å²) in [7, 11) is 0. The second-order valence-electron chi connectivity index (χ2n) is 7.45. The topological polar surface area (TPSA) is 46.2 Å². The molecule has 0 unspecified atom stereocenters. The largest absolute Gasteiger partial charge is 0.352 e. The normalized spacial score (nSPS) is 32.3. The molecule has 0 radical (unpaired) electrons. The third-order valence-corrected chi connectivity index (χ3v) is 6.51. The Morgan fingerprint density at radius 2 is 1.82 bits per heavy atom. The first-order chi connectivity index (χ1) is 10.2. The van der Waals surface area contributed by atoms with Crippen molar-refractivity contribution in [1.82, 2.24) is 5.32 Å². The number of nitrogens with one attached hydrogen (secondary N) is 1. The molecule has 2 saturated carbocycles. The molecule has 1 aromatic rings. The highest BCUT2D eigenvalue weighted by atomic mass is 19.1. The molecule has 118 valence electrons. The second-order valence-corrected chi connectivity index (χ2v) is 7.45. The lowest BCUT2D eigenvalue weighted by Crippen LogP contribution is -2.46. The fraction of sp³-hybridized carbons (Fsp3) is 0.556. The molecular formula is C18H22FNO2. The molecule has 22 heavy (non-hydrogen) atoms. The lowest BCUT2D eigenvalue weighted by molar-refractivity contribution is -0.136. The molecule has 3 nitrogen and oxygen atoms in total. The number of amides is 1. The number of carbonyl (C=O) groups excluding carboxylic acids is 2. The van der Waals surface area contributed by atoms with Gasteiger partial charge in [0.1, 0.15) is 11.6 Å². The van der Waals surface area contributed by atoms with Crippen molar-refractivity contribution >= 4 is 11.7 Å². The molecule has 2 aliphatic carbocycles. The number of Topliss-reactive ketones (excluding diaryl/α,β-unsaturated/α-hetero) is 1. The molecule has 2 fully saturated rings. The van der Waals surface area contributed by atoms with Crippen molar-refractivity contribution in [3.05, 3.63) is 35.6 Å². The summed E-state index contributed by atoms with van der Waals surface area (Å²) >= 11 is 0. The van der Waals surface area contributed by atoms with Gasteiger partial charge in [0.25, 0.3) is 0 Å². The number of halogens is 1. The van der Waals surface area contributed by atoms with Crippen molar-refractivity contribution in [3.63, 3.8) is 0 Å². The van der Waals surface area contributed by atoms with Crippen LogP contribution >= 0.6 is 0 Å². The zero-order chi connectivity index (χ0) is 16.2. The Balaban J connectivity index is 1.78. The summed E-state index contributed by atoms with van der Waals surface area (Å²) in [5.74, 6) is -0.125. The first kappa shape index (κ1) is 15.2. The zero-order valence-electron chi connectivity index (χ0n) is 13.3. The van der Waals surface area contributed by atoms with Crippen molar-refractivity contribution in [1.29, 1.82) is 0 Å². The lowest BCUT2D eigenvalue weighted by atomic mass is 9.64. The second kappa shape index (κ2) is 4.64. The SMILES string of the molecule is CC1(C)[C@]2(C(=O)NCc3ccc(F)cc3)CC[C@]1(C)C(=O)C2. The van der Waals surface area contributed by atoms with Gasteiger partial charge in [-0.05, 0) is 36.0 Å². The molecule has 0 aliphatic heterocycles. The summed E-state index contributed by atoms with van der Waals surface area (Å²) in [6.07, 6.45) is 1.88. The van der Waals surface area contributed by atoms with E-state index in [2.05, 4.69) is 5.32 Å². The van der Waals surface area contributed by atoms with Crippen molar-refractivity contribution < 1.29 is 14.0 Å². The average Bonchev–Trinajstić information content (AvgIpc) is 2.77. The molecule has 1 amide bonds. The third-order valence-electron chi connectivity index (χ3n) is 6.51. The number of benzene rings is 1. The molecule has 2 aliphatic rings. The predicted octanol–water partition coefficient (Wildman–Crippen LogP) is 3.23. The van der Waals surface area contributed by atoms with Gasteiger partial charge >= 0.3 is 0 Å². The Morgan fingerprint density at radius 3 is 2.32 bits per heavy atom. The Labute approximate surface area is 130 Å². The quantitative estimate of drug-likeness (QED) is 0.932. The van der Waals surface area contributed by atoms with Crippen molar-refractivity contribution in [3.8, 4) is 0 Å². The van der Waals surface area contributed by atoms with Crippen LogP contribution in [0, 0.1) is 22.1 Å². The van der Waals surface area contributed by atoms with E-state index < -0.39 is 5.41 Å². The number of carbonyl (C=O) groups is 2. The molecule has 0 heterocycles. The van der Waals surface area contributed by atoms with E-state index in [0.717, 1.165) is 18.4 Å². The first-order valence-electron chi connectivity index (χ1n) is 7.79.